The Morgan fingerprint density at radius 3 is 2.68 bits per heavy atom. The van der Waals surface area contributed by atoms with Crippen LogP contribution in [-0.2, 0) is 10.8 Å². The Balaban J connectivity index is 2.17. The molecule has 1 aliphatic rings. The van der Waals surface area contributed by atoms with Gasteiger partial charge in [-0.2, -0.15) is 0 Å². The van der Waals surface area contributed by atoms with Gasteiger partial charge < -0.3 is 4.43 Å². The second kappa shape index (κ2) is 5.63. The number of nitrogens with zero attached hydrogens (tertiary/aromatic N) is 2. The first-order valence-corrected chi connectivity index (χ1v) is 11.6. The van der Waals surface area contributed by atoms with Gasteiger partial charge in [-0.15, -0.1) is 0 Å². The summed E-state index contributed by atoms with van der Waals surface area (Å²) in [5.74, 6) is 0.973. The zero-order valence-corrected chi connectivity index (χ0v) is 15.9. The molecule has 0 atom stereocenters. The first-order valence-electron chi connectivity index (χ1n) is 7.36. The van der Waals surface area contributed by atoms with Crippen LogP contribution in [0.15, 0.2) is 35.1 Å². The lowest BCUT2D eigenvalue weighted by atomic mass is 10.0. The molecule has 0 aliphatic heterocycles. The van der Waals surface area contributed by atoms with Crippen molar-refractivity contribution in [2.75, 3.05) is 0 Å². The van der Waals surface area contributed by atoms with E-state index in [4.69, 9.17) is 4.43 Å². The molecule has 0 spiro atoms. The van der Waals surface area contributed by atoms with E-state index in [2.05, 4.69) is 57.7 Å². The van der Waals surface area contributed by atoms with Gasteiger partial charge in [0.05, 0.1) is 5.69 Å². The topological polar surface area (TPSA) is 35.0 Å². The van der Waals surface area contributed by atoms with Crippen molar-refractivity contribution in [2.45, 2.75) is 33.0 Å². The third-order valence-electron chi connectivity index (χ3n) is 3.55. The van der Waals surface area contributed by atoms with E-state index < -0.39 is 8.32 Å². The number of hydrogen-bond donors (Lipinski definition) is 0. The predicted octanol–water partition coefficient (Wildman–Crippen LogP) is 4.96. The van der Waals surface area contributed by atoms with Crippen LogP contribution in [0.25, 0.3) is 17.0 Å². The van der Waals surface area contributed by atoms with Crippen molar-refractivity contribution in [1.82, 2.24) is 9.97 Å². The molecule has 0 unspecified atom stereocenters. The van der Waals surface area contributed by atoms with Crippen LogP contribution in [0, 0.1) is 6.92 Å². The largest absolute Gasteiger partial charge is 0.544 e. The van der Waals surface area contributed by atoms with E-state index in [9.17, 15) is 0 Å². The minimum Gasteiger partial charge on any atom is -0.544 e. The van der Waals surface area contributed by atoms with Crippen molar-refractivity contribution < 1.29 is 4.43 Å². The lowest BCUT2D eigenvalue weighted by Gasteiger charge is -2.22. The molecule has 0 bridgehead atoms. The SMILES string of the molecule is Cc1ncccc1-c1ncc(Br)c2c1C(O[Si](C)(C)C)=CC2. The van der Waals surface area contributed by atoms with Crippen molar-refractivity contribution >= 4 is 30.0 Å². The molecule has 0 radical (unpaired) electrons. The van der Waals surface area contributed by atoms with E-state index in [1.165, 1.54) is 5.56 Å². The smallest absolute Gasteiger partial charge is 0.242 e. The number of hydrogen-bond acceptors (Lipinski definition) is 3. The van der Waals surface area contributed by atoms with Crippen LogP contribution < -0.4 is 0 Å². The summed E-state index contributed by atoms with van der Waals surface area (Å²) in [4.78, 5) is 9.07. The number of halogens is 1. The molecule has 0 saturated carbocycles. The first kappa shape index (κ1) is 15.4. The van der Waals surface area contributed by atoms with Crippen LogP contribution in [-0.4, -0.2) is 18.3 Å². The molecule has 2 heterocycles. The van der Waals surface area contributed by atoms with Crippen LogP contribution in [0.3, 0.4) is 0 Å². The summed E-state index contributed by atoms with van der Waals surface area (Å²) in [6.45, 7) is 8.62. The van der Waals surface area contributed by atoms with Crippen molar-refractivity contribution in [3.8, 4) is 11.3 Å². The Hall–Kier alpha value is -1.46. The summed E-state index contributed by atoms with van der Waals surface area (Å²) in [5.41, 5.74) is 5.39. The van der Waals surface area contributed by atoms with Crippen molar-refractivity contribution in [2.24, 2.45) is 0 Å². The first-order chi connectivity index (χ1) is 10.4. The van der Waals surface area contributed by atoms with Gasteiger partial charge >= 0.3 is 0 Å². The second-order valence-electron chi connectivity index (χ2n) is 6.43. The molecule has 22 heavy (non-hydrogen) atoms. The van der Waals surface area contributed by atoms with Gasteiger partial charge in [0.1, 0.15) is 5.76 Å². The lowest BCUT2D eigenvalue weighted by Crippen LogP contribution is -2.24. The van der Waals surface area contributed by atoms with Gasteiger partial charge in [0.2, 0.25) is 8.32 Å². The minimum absolute atomic E-state index is 0.880. The average Bonchev–Trinajstić information content (AvgIpc) is 2.83. The lowest BCUT2D eigenvalue weighted by molar-refractivity contribution is 0.515. The fraction of sp³-hybridized carbons (Fsp3) is 0.294. The molecule has 0 aromatic carbocycles. The van der Waals surface area contributed by atoms with Crippen molar-refractivity contribution in [3.63, 3.8) is 0 Å². The molecule has 0 saturated heterocycles. The number of rotatable bonds is 3. The summed E-state index contributed by atoms with van der Waals surface area (Å²) >= 11 is 3.62. The van der Waals surface area contributed by atoms with E-state index in [1.807, 2.05) is 25.4 Å². The molecule has 2 aromatic heterocycles. The third kappa shape index (κ3) is 2.87. The fourth-order valence-corrected chi connectivity index (χ4v) is 3.96. The highest BCUT2D eigenvalue weighted by Crippen LogP contribution is 2.40. The Morgan fingerprint density at radius 2 is 2.00 bits per heavy atom. The Labute approximate surface area is 140 Å². The molecule has 5 heteroatoms. The second-order valence-corrected chi connectivity index (χ2v) is 11.7. The standard InChI is InChI=1S/C17H19BrN2OSi/c1-11-12(6-5-9-19-11)17-16-13(14(18)10-20-17)7-8-15(16)21-22(2,3)4/h5-6,8-10H,7H2,1-4H3. The van der Waals surface area contributed by atoms with Gasteiger partial charge in [0.25, 0.3) is 0 Å². The van der Waals surface area contributed by atoms with E-state index >= 15 is 0 Å². The fourth-order valence-electron chi connectivity index (χ4n) is 2.65. The molecular formula is C17H19BrN2OSi. The maximum absolute atomic E-state index is 6.30. The molecule has 2 aromatic rings. The summed E-state index contributed by atoms with van der Waals surface area (Å²) < 4.78 is 7.34. The van der Waals surface area contributed by atoms with Crippen LogP contribution in [0.4, 0.5) is 0 Å². The zero-order valence-electron chi connectivity index (χ0n) is 13.3. The maximum Gasteiger partial charge on any atom is 0.242 e. The van der Waals surface area contributed by atoms with E-state index in [0.717, 1.165) is 39.2 Å². The van der Waals surface area contributed by atoms with E-state index in [-0.39, 0.29) is 0 Å². The van der Waals surface area contributed by atoms with Crippen LogP contribution in [0.2, 0.25) is 19.6 Å². The average molecular weight is 375 g/mol. The van der Waals surface area contributed by atoms with Crippen LogP contribution in [0.1, 0.15) is 16.8 Å². The summed E-state index contributed by atoms with van der Waals surface area (Å²) in [6, 6.07) is 4.03. The number of fused-ring (bicyclic) bond motifs is 1. The number of pyridine rings is 2. The quantitative estimate of drug-likeness (QED) is 0.711. The highest BCUT2D eigenvalue weighted by molar-refractivity contribution is 9.10. The Morgan fingerprint density at radius 1 is 1.23 bits per heavy atom. The van der Waals surface area contributed by atoms with Gasteiger partial charge in [0.15, 0.2) is 0 Å². The number of aromatic nitrogens is 2. The summed E-state index contributed by atoms with van der Waals surface area (Å²) in [7, 11) is -1.67. The zero-order chi connectivity index (χ0) is 15.9. The predicted molar refractivity (Wildman–Crippen MR) is 96.0 cm³/mol. The molecule has 3 nitrogen and oxygen atoms in total. The van der Waals surface area contributed by atoms with Crippen molar-refractivity contribution in [1.29, 1.82) is 0 Å². The Bertz CT molecular complexity index is 766. The molecular weight excluding hydrogens is 356 g/mol. The highest BCUT2D eigenvalue weighted by atomic mass is 79.9. The van der Waals surface area contributed by atoms with Gasteiger partial charge in [-0.05, 0) is 72.7 Å². The third-order valence-corrected chi connectivity index (χ3v) is 5.07. The molecule has 0 N–H and O–H groups in total. The van der Waals surface area contributed by atoms with Crippen LogP contribution in [0.5, 0.6) is 0 Å². The van der Waals surface area contributed by atoms with Crippen LogP contribution >= 0.6 is 15.9 Å². The van der Waals surface area contributed by atoms with Gasteiger partial charge in [-0.25, -0.2) is 0 Å². The van der Waals surface area contributed by atoms with Gasteiger partial charge in [0, 0.05) is 33.7 Å². The number of aryl methyl sites for hydroxylation is 1. The Kier molecular flexibility index (Phi) is 3.95. The molecule has 114 valence electrons. The highest BCUT2D eigenvalue weighted by Gasteiger charge is 2.28. The van der Waals surface area contributed by atoms with E-state index in [1.54, 1.807) is 0 Å². The minimum atomic E-state index is -1.67. The summed E-state index contributed by atoms with van der Waals surface area (Å²) in [5, 5.41) is 0. The summed E-state index contributed by atoms with van der Waals surface area (Å²) in [6.07, 6.45) is 6.74. The normalized spacial score (nSPS) is 13.8. The maximum atomic E-state index is 6.30. The molecule has 0 amide bonds. The number of allylic oxidation sites excluding steroid dienone is 1. The molecule has 0 fully saturated rings. The molecule has 1 aliphatic carbocycles. The molecule has 3 rings (SSSR count). The van der Waals surface area contributed by atoms with Crippen molar-refractivity contribution in [3.05, 3.63) is 51.9 Å². The monoisotopic (exact) mass is 374 g/mol. The van der Waals surface area contributed by atoms with E-state index in [0.29, 0.717) is 0 Å². The van der Waals surface area contributed by atoms with Gasteiger partial charge in [-0.3, -0.25) is 9.97 Å². The van der Waals surface area contributed by atoms with Gasteiger partial charge in [-0.1, -0.05) is 0 Å².